The molecule has 0 unspecified atom stereocenters. The van der Waals surface area contributed by atoms with Crippen molar-refractivity contribution in [3.05, 3.63) is 65.5 Å². The molecule has 25 heavy (non-hydrogen) atoms. The van der Waals surface area contributed by atoms with E-state index in [1.54, 1.807) is 18.2 Å². The van der Waals surface area contributed by atoms with E-state index in [1.165, 1.54) is 31.0 Å². The van der Waals surface area contributed by atoms with Gasteiger partial charge in [0.2, 0.25) is 11.8 Å². The van der Waals surface area contributed by atoms with E-state index in [2.05, 4.69) is 10.4 Å². The third kappa shape index (κ3) is 3.74. The van der Waals surface area contributed by atoms with Gasteiger partial charge in [-0.1, -0.05) is 24.3 Å². The van der Waals surface area contributed by atoms with E-state index in [0.29, 0.717) is 17.7 Å². The molecule has 1 heterocycles. The number of nitrogens with one attached hydrogen (secondary N) is 1. The monoisotopic (exact) mass is 339 g/mol. The summed E-state index contributed by atoms with van der Waals surface area (Å²) in [6.45, 7) is 2.88. The van der Waals surface area contributed by atoms with Gasteiger partial charge in [0, 0.05) is 26.0 Å². The molecular formula is C19H18FN3O2. The first-order chi connectivity index (χ1) is 11.9. The smallest absolute Gasteiger partial charge is 0.240 e. The van der Waals surface area contributed by atoms with Crippen LogP contribution in [0.2, 0.25) is 0 Å². The number of anilines is 1. The van der Waals surface area contributed by atoms with Gasteiger partial charge in [-0.2, -0.15) is 5.10 Å². The fraction of sp³-hybridized carbons (Fsp3) is 0.211. The minimum Gasteiger partial charge on any atom is -0.326 e. The summed E-state index contributed by atoms with van der Waals surface area (Å²) < 4.78 is 13.6. The number of hydrogen-bond donors (Lipinski definition) is 1. The molecule has 1 N–H and O–H groups in total. The fourth-order valence-electron chi connectivity index (χ4n) is 2.93. The summed E-state index contributed by atoms with van der Waals surface area (Å²) >= 11 is 0. The quantitative estimate of drug-likeness (QED) is 0.930. The van der Waals surface area contributed by atoms with Gasteiger partial charge >= 0.3 is 0 Å². The second kappa shape index (κ2) is 6.84. The lowest BCUT2D eigenvalue weighted by molar-refractivity contribution is -0.130. The number of carbonyl (C=O) groups excluding carboxylic acids is 2. The number of rotatable bonds is 3. The van der Waals surface area contributed by atoms with Crippen molar-refractivity contribution >= 4 is 23.2 Å². The highest BCUT2D eigenvalue weighted by Crippen LogP contribution is 2.33. The summed E-state index contributed by atoms with van der Waals surface area (Å²) in [6.07, 6.45) is 0.479. The van der Waals surface area contributed by atoms with Crippen molar-refractivity contribution < 1.29 is 14.0 Å². The molecule has 0 bridgehead atoms. The fourth-order valence-corrected chi connectivity index (χ4v) is 2.93. The molecule has 0 radical (unpaired) electrons. The Morgan fingerprint density at radius 1 is 1.16 bits per heavy atom. The van der Waals surface area contributed by atoms with Crippen molar-refractivity contribution in [2.24, 2.45) is 5.10 Å². The Kier molecular flexibility index (Phi) is 4.61. The average Bonchev–Trinajstić information content (AvgIpc) is 3.00. The zero-order chi connectivity index (χ0) is 18.0. The third-order valence-electron chi connectivity index (χ3n) is 3.98. The van der Waals surface area contributed by atoms with Gasteiger partial charge in [-0.3, -0.25) is 9.59 Å². The van der Waals surface area contributed by atoms with Crippen LogP contribution in [0, 0.1) is 5.82 Å². The van der Waals surface area contributed by atoms with E-state index in [4.69, 9.17) is 0 Å². The summed E-state index contributed by atoms with van der Waals surface area (Å²) in [5, 5.41) is 8.54. The van der Waals surface area contributed by atoms with Crippen molar-refractivity contribution in [1.82, 2.24) is 5.01 Å². The highest BCUT2D eigenvalue weighted by molar-refractivity contribution is 6.04. The van der Waals surface area contributed by atoms with Crippen molar-refractivity contribution in [1.29, 1.82) is 0 Å². The first kappa shape index (κ1) is 16.8. The largest absolute Gasteiger partial charge is 0.326 e. The van der Waals surface area contributed by atoms with Gasteiger partial charge in [0.05, 0.1) is 11.8 Å². The Bertz CT molecular complexity index is 863. The molecule has 0 saturated carbocycles. The van der Waals surface area contributed by atoms with Crippen LogP contribution in [-0.2, 0) is 9.59 Å². The molecule has 2 aromatic carbocycles. The Morgan fingerprint density at radius 3 is 2.60 bits per heavy atom. The molecule has 2 aromatic rings. The SMILES string of the molecule is CC(=O)Nc1cccc(C2=NN(C(C)=O)[C@@H](c3cccc(F)c3)C2)c1. The molecule has 6 heteroatoms. The van der Waals surface area contributed by atoms with Crippen molar-refractivity contribution in [3.63, 3.8) is 0 Å². The zero-order valence-electron chi connectivity index (χ0n) is 14.0. The normalized spacial score (nSPS) is 16.5. The number of halogens is 1. The number of hydrazone groups is 1. The molecule has 0 fully saturated rings. The van der Waals surface area contributed by atoms with E-state index in [-0.39, 0.29) is 23.7 Å². The number of carbonyl (C=O) groups is 2. The first-order valence-corrected chi connectivity index (χ1v) is 7.95. The number of amides is 2. The summed E-state index contributed by atoms with van der Waals surface area (Å²) in [5.74, 6) is -0.710. The second-order valence-electron chi connectivity index (χ2n) is 5.95. The highest BCUT2D eigenvalue weighted by atomic mass is 19.1. The predicted molar refractivity (Wildman–Crippen MR) is 93.6 cm³/mol. The Balaban J connectivity index is 1.92. The van der Waals surface area contributed by atoms with E-state index >= 15 is 0 Å². The lowest BCUT2D eigenvalue weighted by Gasteiger charge is -2.20. The minimum absolute atomic E-state index is 0.159. The molecule has 128 valence electrons. The molecular weight excluding hydrogens is 321 g/mol. The van der Waals surface area contributed by atoms with Crippen LogP contribution in [0.4, 0.5) is 10.1 Å². The number of nitrogens with zero attached hydrogens (tertiary/aromatic N) is 2. The Hall–Kier alpha value is -3.02. The van der Waals surface area contributed by atoms with Gasteiger partial charge in [-0.05, 0) is 35.4 Å². The van der Waals surface area contributed by atoms with Crippen LogP contribution >= 0.6 is 0 Å². The molecule has 1 atom stereocenters. The topological polar surface area (TPSA) is 61.8 Å². The van der Waals surface area contributed by atoms with E-state index in [0.717, 1.165) is 11.3 Å². The molecule has 1 aliphatic heterocycles. The van der Waals surface area contributed by atoms with E-state index in [1.807, 2.05) is 18.2 Å². The van der Waals surface area contributed by atoms with Gasteiger partial charge in [-0.25, -0.2) is 9.40 Å². The molecule has 2 amide bonds. The van der Waals surface area contributed by atoms with Crippen LogP contribution in [0.3, 0.4) is 0 Å². The van der Waals surface area contributed by atoms with Gasteiger partial charge in [0.15, 0.2) is 0 Å². The number of benzene rings is 2. The minimum atomic E-state index is -0.345. The molecule has 5 nitrogen and oxygen atoms in total. The van der Waals surface area contributed by atoms with Crippen LogP contribution in [0.5, 0.6) is 0 Å². The van der Waals surface area contributed by atoms with E-state index < -0.39 is 0 Å². The summed E-state index contributed by atoms with van der Waals surface area (Å²) in [6, 6.07) is 13.1. The predicted octanol–water partition coefficient (Wildman–Crippen LogP) is 3.48. The highest BCUT2D eigenvalue weighted by Gasteiger charge is 2.31. The Labute approximate surface area is 145 Å². The molecule has 0 spiro atoms. The molecule has 0 aromatic heterocycles. The van der Waals surface area contributed by atoms with Crippen molar-refractivity contribution in [3.8, 4) is 0 Å². The average molecular weight is 339 g/mol. The van der Waals surface area contributed by atoms with Gasteiger partial charge in [0.25, 0.3) is 0 Å². The van der Waals surface area contributed by atoms with Crippen LogP contribution < -0.4 is 5.32 Å². The maximum Gasteiger partial charge on any atom is 0.240 e. The molecule has 0 aliphatic carbocycles. The molecule has 1 aliphatic rings. The standard InChI is InChI=1S/C19H18FN3O2/c1-12(24)21-17-8-4-5-14(10-17)18-11-19(23(22-18)13(2)25)15-6-3-7-16(20)9-15/h3-10,19H,11H2,1-2H3,(H,21,24)/t19-/m1/s1. The van der Waals surface area contributed by atoms with Crippen molar-refractivity contribution in [2.45, 2.75) is 26.3 Å². The first-order valence-electron chi connectivity index (χ1n) is 7.95. The van der Waals surface area contributed by atoms with Crippen LogP contribution in [0.1, 0.15) is 37.4 Å². The molecule has 0 saturated heterocycles. The van der Waals surface area contributed by atoms with Gasteiger partial charge < -0.3 is 5.32 Å². The van der Waals surface area contributed by atoms with Crippen molar-refractivity contribution in [2.75, 3.05) is 5.32 Å². The lowest BCUT2D eigenvalue weighted by atomic mass is 9.98. The lowest BCUT2D eigenvalue weighted by Crippen LogP contribution is -2.24. The van der Waals surface area contributed by atoms with Gasteiger partial charge in [0.1, 0.15) is 5.82 Å². The van der Waals surface area contributed by atoms with Crippen LogP contribution in [0.15, 0.2) is 53.6 Å². The van der Waals surface area contributed by atoms with Crippen LogP contribution in [-0.4, -0.2) is 22.5 Å². The zero-order valence-corrected chi connectivity index (χ0v) is 14.0. The third-order valence-corrected chi connectivity index (χ3v) is 3.98. The van der Waals surface area contributed by atoms with Gasteiger partial charge in [-0.15, -0.1) is 0 Å². The van der Waals surface area contributed by atoms with Crippen LogP contribution in [0.25, 0.3) is 0 Å². The Morgan fingerprint density at radius 2 is 1.92 bits per heavy atom. The summed E-state index contributed by atoms with van der Waals surface area (Å²) in [4.78, 5) is 23.2. The summed E-state index contributed by atoms with van der Waals surface area (Å²) in [5.41, 5.74) is 2.90. The molecule has 3 rings (SSSR count). The van der Waals surface area contributed by atoms with E-state index in [9.17, 15) is 14.0 Å². The number of hydrogen-bond acceptors (Lipinski definition) is 3. The second-order valence-corrected chi connectivity index (χ2v) is 5.95. The summed E-state index contributed by atoms with van der Waals surface area (Å²) in [7, 11) is 0. The maximum atomic E-state index is 13.6. The maximum absolute atomic E-state index is 13.6.